The maximum absolute atomic E-state index is 14.2. The molecule has 5 aromatic carbocycles. The molecule has 0 aromatic heterocycles. The summed E-state index contributed by atoms with van der Waals surface area (Å²) in [7, 11) is 0. The summed E-state index contributed by atoms with van der Waals surface area (Å²) in [5.41, 5.74) is 6.35. The molecule has 268 valence electrons. The number of benzene rings is 5. The lowest BCUT2D eigenvalue weighted by atomic mass is 9.68. The maximum atomic E-state index is 14.2. The monoisotopic (exact) mass is 706 g/mol. The molecule has 0 radical (unpaired) electrons. The zero-order valence-corrected chi connectivity index (χ0v) is 29.2. The van der Waals surface area contributed by atoms with E-state index in [1.807, 2.05) is 121 Å². The molecule has 2 aliphatic rings. The van der Waals surface area contributed by atoms with Crippen molar-refractivity contribution in [3.8, 4) is 11.5 Å². The van der Waals surface area contributed by atoms with E-state index < -0.39 is 30.5 Å². The SMILES string of the molecule is O=C1[C@@H]2[C@@H](CC(COc3ccccc3)=C([C@H](O)CC/C(=C/c3ccc(O)cc3)c3ccccc3)[C@@H]2CO)C(=O)N1c1ccc(Nc2ccccc2)cc1. The van der Waals surface area contributed by atoms with E-state index >= 15 is 0 Å². The highest BCUT2D eigenvalue weighted by Crippen LogP contribution is 2.47. The van der Waals surface area contributed by atoms with E-state index in [1.165, 1.54) is 4.90 Å². The van der Waals surface area contributed by atoms with Crippen LogP contribution in [0.2, 0.25) is 0 Å². The van der Waals surface area contributed by atoms with Crippen molar-refractivity contribution in [3.63, 3.8) is 0 Å². The van der Waals surface area contributed by atoms with Crippen LogP contribution in [0.25, 0.3) is 11.6 Å². The molecule has 0 saturated carbocycles. The summed E-state index contributed by atoms with van der Waals surface area (Å²) in [6, 6.07) is 43.0. The predicted molar refractivity (Wildman–Crippen MR) is 207 cm³/mol. The summed E-state index contributed by atoms with van der Waals surface area (Å²) in [5, 5.41) is 36.2. The summed E-state index contributed by atoms with van der Waals surface area (Å²) in [6.07, 6.45) is 2.03. The van der Waals surface area contributed by atoms with Gasteiger partial charge in [-0.05, 0) is 108 Å². The van der Waals surface area contributed by atoms with Crippen molar-refractivity contribution in [2.24, 2.45) is 17.8 Å². The van der Waals surface area contributed by atoms with Gasteiger partial charge in [0.25, 0.3) is 0 Å². The van der Waals surface area contributed by atoms with Gasteiger partial charge in [-0.15, -0.1) is 0 Å². The number of aromatic hydroxyl groups is 1. The number of nitrogens with one attached hydrogen (secondary N) is 1. The van der Waals surface area contributed by atoms with E-state index in [1.54, 1.807) is 24.3 Å². The van der Waals surface area contributed by atoms with Crippen molar-refractivity contribution in [2.45, 2.75) is 25.4 Å². The minimum absolute atomic E-state index is 0.104. The molecule has 53 heavy (non-hydrogen) atoms. The number of ether oxygens (including phenoxy) is 1. The van der Waals surface area contributed by atoms with Crippen LogP contribution in [0.4, 0.5) is 17.1 Å². The molecule has 7 rings (SSSR count). The van der Waals surface area contributed by atoms with Crippen LogP contribution < -0.4 is 15.0 Å². The highest BCUT2D eigenvalue weighted by Gasteiger charge is 2.55. The normalized spacial score (nSPS) is 19.2. The van der Waals surface area contributed by atoms with Gasteiger partial charge in [-0.2, -0.15) is 0 Å². The zero-order valence-electron chi connectivity index (χ0n) is 29.2. The number of fused-ring (bicyclic) bond motifs is 1. The quantitative estimate of drug-likeness (QED) is 0.0557. The molecule has 8 heteroatoms. The first-order valence-electron chi connectivity index (χ1n) is 17.9. The van der Waals surface area contributed by atoms with Gasteiger partial charge >= 0.3 is 0 Å². The molecule has 5 aromatic rings. The van der Waals surface area contributed by atoms with Crippen molar-refractivity contribution >= 4 is 40.5 Å². The Morgan fingerprint density at radius 2 is 1.42 bits per heavy atom. The van der Waals surface area contributed by atoms with E-state index in [0.717, 1.165) is 33.6 Å². The summed E-state index contributed by atoms with van der Waals surface area (Å²) in [5.74, 6) is -2.21. The number of amides is 2. The molecule has 8 nitrogen and oxygen atoms in total. The molecule has 1 aliphatic carbocycles. The molecule has 1 saturated heterocycles. The van der Waals surface area contributed by atoms with Crippen LogP contribution >= 0.6 is 0 Å². The van der Waals surface area contributed by atoms with Crippen molar-refractivity contribution in [1.82, 2.24) is 0 Å². The van der Waals surface area contributed by atoms with Crippen LogP contribution in [-0.4, -0.2) is 46.5 Å². The Kier molecular flexibility index (Phi) is 10.8. The standard InChI is InChI=1S/C45H42N2O6/c48-28-40-42(41(50)25-18-32(31-10-4-1-5-11-31)26-30-16-23-37(49)24-17-30)33(29-53-38-14-8-3-9-15-38)27-39-43(40)45(52)47(44(39)51)36-21-19-35(20-22-36)46-34-12-6-2-7-13-34/h1-17,19-24,26,39-41,43,46,48-50H,18,25,27-29H2/b32-26-/t39-,40+,41-,43-/m1/s1. The van der Waals surface area contributed by atoms with E-state index in [0.29, 0.717) is 29.9 Å². The first-order valence-corrected chi connectivity index (χ1v) is 17.9. The minimum Gasteiger partial charge on any atom is -0.508 e. The van der Waals surface area contributed by atoms with Gasteiger partial charge in [0.1, 0.15) is 18.1 Å². The fourth-order valence-electron chi connectivity index (χ4n) is 7.59. The van der Waals surface area contributed by atoms with Gasteiger partial charge in [0.05, 0.1) is 30.2 Å². The summed E-state index contributed by atoms with van der Waals surface area (Å²) in [6.45, 7) is -0.309. The summed E-state index contributed by atoms with van der Waals surface area (Å²) < 4.78 is 6.19. The number of allylic oxidation sites excluding steroid dienone is 1. The van der Waals surface area contributed by atoms with E-state index in [4.69, 9.17) is 4.74 Å². The molecule has 1 fully saturated rings. The van der Waals surface area contributed by atoms with Crippen LogP contribution in [0.3, 0.4) is 0 Å². The van der Waals surface area contributed by atoms with Crippen LogP contribution in [0.15, 0.2) is 151 Å². The highest BCUT2D eigenvalue weighted by atomic mass is 16.5. The van der Waals surface area contributed by atoms with Crippen molar-refractivity contribution < 1.29 is 29.6 Å². The van der Waals surface area contributed by atoms with Crippen LogP contribution in [-0.2, 0) is 9.59 Å². The Balaban J connectivity index is 1.17. The smallest absolute Gasteiger partial charge is 0.238 e. The average Bonchev–Trinajstić information content (AvgIpc) is 3.45. The number of nitrogens with zero attached hydrogens (tertiary/aromatic N) is 1. The van der Waals surface area contributed by atoms with Crippen LogP contribution in [0.1, 0.15) is 30.4 Å². The second kappa shape index (κ2) is 16.2. The largest absolute Gasteiger partial charge is 0.508 e. The number of hydrogen-bond donors (Lipinski definition) is 4. The Morgan fingerprint density at radius 3 is 2.08 bits per heavy atom. The van der Waals surface area contributed by atoms with Gasteiger partial charge in [0, 0.05) is 17.3 Å². The molecule has 1 heterocycles. The maximum Gasteiger partial charge on any atom is 0.238 e. The number of anilines is 3. The summed E-state index contributed by atoms with van der Waals surface area (Å²) >= 11 is 0. The first kappa shape index (κ1) is 35.4. The summed E-state index contributed by atoms with van der Waals surface area (Å²) in [4.78, 5) is 29.6. The number of phenols is 1. The van der Waals surface area contributed by atoms with Gasteiger partial charge in [-0.1, -0.05) is 84.9 Å². The number of aliphatic hydroxyl groups is 2. The molecule has 4 atom stereocenters. The molecule has 0 spiro atoms. The lowest BCUT2D eigenvalue weighted by Crippen LogP contribution is -2.40. The minimum atomic E-state index is -1.02. The Hall–Kier alpha value is -5.96. The number of imide groups is 1. The lowest BCUT2D eigenvalue weighted by molar-refractivity contribution is -0.123. The predicted octanol–water partition coefficient (Wildman–Crippen LogP) is 8.01. The third-order valence-electron chi connectivity index (χ3n) is 10.1. The van der Waals surface area contributed by atoms with Crippen molar-refractivity contribution in [1.29, 1.82) is 0 Å². The molecule has 2 amide bonds. The van der Waals surface area contributed by atoms with Crippen molar-refractivity contribution in [2.75, 3.05) is 23.4 Å². The third kappa shape index (κ3) is 7.94. The van der Waals surface area contributed by atoms with Gasteiger partial charge < -0.3 is 25.4 Å². The number of rotatable bonds is 13. The number of carbonyl (C=O) groups is 2. The first-order chi connectivity index (χ1) is 25.9. The third-order valence-corrected chi connectivity index (χ3v) is 10.1. The molecule has 0 unspecified atom stereocenters. The number of para-hydroxylation sites is 2. The molecule has 0 bridgehead atoms. The van der Waals surface area contributed by atoms with Gasteiger partial charge in [0.2, 0.25) is 11.8 Å². The Morgan fingerprint density at radius 1 is 0.792 bits per heavy atom. The number of hydrogen-bond acceptors (Lipinski definition) is 7. The molecular formula is C45H42N2O6. The van der Waals surface area contributed by atoms with Gasteiger partial charge in [-0.25, -0.2) is 0 Å². The number of phenolic OH excluding ortho intramolecular Hbond substituents is 1. The lowest BCUT2D eigenvalue weighted by Gasteiger charge is -2.36. The fourth-order valence-corrected chi connectivity index (χ4v) is 7.59. The number of aliphatic hydroxyl groups excluding tert-OH is 2. The van der Waals surface area contributed by atoms with E-state index in [9.17, 15) is 24.9 Å². The van der Waals surface area contributed by atoms with Crippen LogP contribution in [0, 0.1) is 17.8 Å². The Labute approximate surface area is 309 Å². The van der Waals surface area contributed by atoms with E-state index in [-0.39, 0.29) is 30.6 Å². The number of carbonyl (C=O) groups excluding carboxylic acids is 2. The molecule has 1 aliphatic heterocycles. The van der Waals surface area contributed by atoms with Crippen molar-refractivity contribution in [3.05, 3.63) is 162 Å². The second-order valence-corrected chi connectivity index (χ2v) is 13.5. The van der Waals surface area contributed by atoms with Gasteiger partial charge in [0.15, 0.2) is 0 Å². The van der Waals surface area contributed by atoms with Crippen LogP contribution in [0.5, 0.6) is 11.5 Å². The fraction of sp³-hybridized carbons (Fsp3) is 0.200. The Bertz CT molecular complexity index is 2080. The zero-order chi connectivity index (χ0) is 36.7. The topological polar surface area (TPSA) is 119 Å². The van der Waals surface area contributed by atoms with Gasteiger partial charge in [-0.3, -0.25) is 14.5 Å². The average molecular weight is 707 g/mol. The van der Waals surface area contributed by atoms with E-state index in [2.05, 4.69) is 5.32 Å². The molecular weight excluding hydrogens is 665 g/mol. The highest BCUT2D eigenvalue weighted by molar-refractivity contribution is 6.22. The molecule has 4 N–H and O–H groups in total. The second-order valence-electron chi connectivity index (χ2n) is 13.5.